The molecular weight excluding hydrogens is 216 g/mol. The van der Waals surface area contributed by atoms with Crippen molar-refractivity contribution in [3.8, 4) is 5.75 Å². The lowest BCUT2D eigenvalue weighted by molar-refractivity contribution is 0.0319. The summed E-state index contributed by atoms with van der Waals surface area (Å²) >= 11 is 0. The van der Waals surface area contributed by atoms with E-state index in [1.807, 2.05) is 10.9 Å². The highest BCUT2D eigenvalue weighted by atomic mass is 16.5. The predicted octanol–water partition coefficient (Wildman–Crippen LogP) is 2.54. The summed E-state index contributed by atoms with van der Waals surface area (Å²) < 4.78 is 7.72. The van der Waals surface area contributed by atoms with Crippen molar-refractivity contribution in [1.29, 1.82) is 0 Å². The van der Waals surface area contributed by atoms with E-state index in [9.17, 15) is 5.11 Å². The van der Waals surface area contributed by atoms with E-state index in [0.29, 0.717) is 6.04 Å². The minimum Gasteiger partial charge on any atom is -0.484 e. The Hall–Kier alpha value is -1.03. The molecule has 96 valence electrons. The molecule has 1 aromatic heterocycles. The first-order chi connectivity index (χ1) is 8.16. The summed E-state index contributed by atoms with van der Waals surface area (Å²) in [6.07, 6.45) is 8.47. The maximum absolute atomic E-state index is 9.97. The van der Waals surface area contributed by atoms with Crippen LogP contribution in [0.2, 0.25) is 0 Å². The van der Waals surface area contributed by atoms with Crippen molar-refractivity contribution in [1.82, 2.24) is 9.78 Å². The van der Waals surface area contributed by atoms with Crippen LogP contribution in [0.25, 0.3) is 0 Å². The van der Waals surface area contributed by atoms with Crippen molar-refractivity contribution in [2.24, 2.45) is 0 Å². The van der Waals surface area contributed by atoms with Crippen LogP contribution >= 0.6 is 0 Å². The number of ether oxygens (including phenoxy) is 1. The van der Waals surface area contributed by atoms with Crippen LogP contribution in [0.1, 0.15) is 52.0 Å². The minimum atomic E-state index is -0.333. The van der Waals surface area contributed by atoms with Gasteiger partial charge in [-0.05, 0) is 33.1 Å². The largest absolute Gasteiger partial charge is 0.484 e. The van der Waals surface area contributed by atoms with Crippen molar-refractivity contribution in [3.05, 3.63) is 12.4 Å². The average molecular weight is 238 g/mol. The lowest BCUT2D eigenvalue weighted by atomic mass is 10.1. The summed E-state index contributed by atoms with van der Waals surface area (Å²) in [6, 6.07) is 0.339. The van der Waals surface area contributed by atoms with E-state index < -0.39 is 0 Å². The van der Waals surface area contributed by atoms with Gasteiger partial charge in [0.05, 0.1) is 18.5 Å². The van der Waals surface area contributed by atoms with Crippen LogP contribution in [-0.2, 0) is 0 Å². The fourth-order valence-corrected chi connectivity index (χ4v) is 2.23. The first kappa shape index (κ1) is 12.4. The first-order valence-corrected chi connectivity index (χ1v) is 6.55. The topological polar surface area (TPSA) is 47.3 Å². The van der Waals surface area contributed by atoms with Gasteiger partial charge in [-0.15, -0.1) is 0 Å². The minimum absolute atomic E-state index is 0.0673. The van der Waals surface area contributed by atoms with E-state index in [-0.39, 0.29) is 12.2 Å². The summed E-state index contributed by atoms with van der Waals surface area (Å²) in [7, 11) is 0. The highest BCUT2D eigenvalue weighted by Crippen LogP contribution is 2.23. The van der Waals surface area contributed by atoms with Crippen molar-refractivity contribution < 1.29 is 9.84 Å². The molecule has 0 aliphatic heterocycles. The zero-order chi connectivity index (χ0) is 12.3. The molecule has 4 heteroatoms. The zero-order valence-corrected chi connectivity index (χ0v) is 10.7. The Morgan fingerprint density at radius 2 is 2.12 bits per heavy atom. The molecule has 0 amide bonds. The number of hydrogen-bond acceptors (Lipinski definition) is 3. The van der Waals surface area contributed by atoms with Gasteiger partial charge in [0, 0.05) is 6.04 Å². The molecule has 1 aliphatic carbocycles. The van der Waals surface area contributed by atoms with Crippen LogP contribution in [0, 0.1) is 0 Å². The average Bonchev–Trinajstić information content (AvgIpc) is 2.66. The summed E-state index contributed by atoms with van der Waals surface area (Å²) in [6.45, 7) is 4.16. The second-order valence-electron chi connectivity index (χ2n) is 5.11. The molecule has 2 rings (SSSR count). The molecule has 1 fully saturated rings. The van der Waals surface area contributed by atoms with Gasteiger partial charge in [0.2, 0.25) is 0 Å². The summed E-state index contributed by atoms with van der Waals surface area (Å²) in [4.78, 5) is 0. The molecule has 0 spiro atoms. The van der Waals surface area contributed by atoms with E-state index >= 15 is 0 Å². The maximum atomic E-state index is 9.97. The molecule has 1 N–H and O–H groups in total. The molecule has 0 saturated heterocycles. The molecule has 0 aromatic carbocycles. The third kappa shape index (κ3) is 3.22. The molecule has 0 radical (unpaired) electrons. The quantitative estimate of drug-likeness (QED) is 0.823. The molecule has 2 atom stereocenters. The van der Waals surface area contributed by atoms with Gasteiger partial charge in [0.1, 0.15) is 6.10 Å². The van der Waals surface area contributed by atoms with E-state index in [1.54, 1.807) is 6.20 Å². The second kappa shape index (κ2) is 5.54. The predicted molar refractivity (Wildman–Crippen MR) is 66.1 cm³/mol. The van der Waals surface area contributed by atoms with Gasteiger partial charge >= 0.3 is 0 Å². The smallest absolute Gasteiger partial charge is 0.157 e. The summed E-state index contributed by atoms with van der Waals surface area (Å²) in [5, 5.41) is 14.2. The number of nitrogens with zero attached hydrogens (tertiary/aromatic N) is 2. The summed E-state index contributed by atoms with van der Waals surface area (Å²) in [5.41, 5.74) is 0. The van der Waals surface area contributed by atoms with Gasteiger partial charge in [0.15, 0.2) is 5.75 Å². The fraction of sp³-hybridized carbons (Fsp3) is 0.769. The molecular formula is C13H22N2O2. The molecule has 17 heavy (non-hydrogen) atoms. The van der Waals surface area contributed by atoms with Gasteiger partial charge in [0.25, 0.3) is 0 Å². The normalized spacial score (nSPS) is 25.9. The van der Waals surface area contributed by atoms with E-state index in [1.165, 1.54) is 6.42 Å². The van der Waals surface area contributed by atoms with Crippen molar-refractivity contribution in [3.63, 3.8) is 0 Å². The van der Waals surface area contributed by atoms with Crippen molar-refractivity contribution >= 4 is 0 Å². The van der Waals surface area contributed by atoms with Crippen LogP contribution in [0.5, 0.6) is 5.75 Å². The first-order valence-electron chi connectivity index (χ1n) is 6.55. The SMILES string of the molecule is CC(C)n1cc(OC2CCCCCC2O)cn1. The Morgan fingerprint density at radius 3 is 2.82 bits per heavy atom. The van der Waals surface area contributed by atoms with E-state index in [0.717, 1.165) is 31.4 Å². The van der Waals surface area contributed by atoms with Gasteiger partial charge in [-0.2, -0.15) is 5.10 Å². The number of aliphatic hydroxyl groups excluding tert-OH is 1. The molecule has 0 bridgehead atoms. The Kier molecular flexibility index (Phi) is 4.05. The Labute approximate surface area is 103 Å². The Morgan fingerprint density at radius 1 is 1.35 bits per heavy atom. The number of rotatable bonds is 3. The monoisotopic (exact) mass is 238 g/mol. The molecule has 1 aromatic rings. The molecule has 2 unspecified atom stereocenters. The number of hydrogen-bond donors (Lipinski definition) is 1. The van der Waals surface area contributed by atoms with Crippen LogP contribution in [0.3, 0.4) is 0 Å². The van der Waals surface area contributed by atoms with Crippen LogP contribution in [0.15, 0.2) is 12.4 Å². The molecule has 1 saturated carbocycles. The number of aliphatic hydroxyl groups is 1. The maximum Gasteiger partial charge on any atom is 0.157 e. The van der Waals surface area contributed by atoms with Crippen molar-refractivity contribution in [2.75, 3.05) is 0 Å². The van der Waals surface area contributed by atoms with Gasteiger partial charge in [-0.3, -0.25) is 4.68 Å². The molecule has 4 nitrogen and oxygen atoms in total. The highest BCUT2D eigenvalue weighted by Gasteiger charge is 2.23. The Bertz CT molecular complexity index is 349. The van der Waals surface area contributed by atoms with E-state index in [2.05, 4.69) is 18.9 Å². The van der Waals surface area contributed by atoms with Gasteiger partial charge in [-0.1, -0.05) is 12.8 Å². The number of aromatic nitrogens is 2. The molecule has 1 heterocycles. The lowest BCUT2D eigenvalue weighted by Gasteiger charge is -2.20. The van der Waals surface area contributed by atoms with Crippen molar-refractivity contribution in [2.45, 2.75) is 64.2 Å². The van der Waals surface area contributed by atoms with E-state index in [4.69, 9.17) is 4.74 Å². The summed E-state index contributed by atoms with van der Waals surface area (Å²) in [5.74, 6) is 0.768. The standard InChI is InChI=1S/C13H22N2O2/c1-10(2)15-9-11(8-14-15)17-13-7-5-3-4-6-12(13)16/h8-10,12-13,16H,3-7H2,1-2H3. The lowest BCUT2D eigenvalue weighted by Crippen LogP contribution is -2.30. The van der Waals surface area contributed by atoms with Crippen LogP contribution in [0.4, 0.5) is 0 Å². The van der Waals surface area contributed by atoms with Gasteiger partial charge in [-0.25, -0.2) is 0 Å². The van der Waals surface area contributed by atoms with Crippen LogP contribution in [-0.4, -0.2) is 27.1 Å². The Balaban J connectivity index is 1.98. The third-order valence-corrected chi connectivity index (χ3v) is 3.31. The third-order valence-electron chi connectivity index (χ3n) is 3.31. The fourth-order valence-electron chi connectivity index (χ4n) is 2.23. The molecule has 1 aliphatic rings. The highest BCUT2D eigenvalue weighted by molar-refractivity contribution is 5.13. The second-order valence-corrected chi connectivity index (χ2v) is 5.11. The zero-order valence-electron chi connectivity index (χ0n) is 10.7. The van der Waals surface area contributed by atoms with Gasteiger partial charge < -0.3 is 9.84 Å². The van der Waals surface area contributed by atoms with Crippen LogP contribution < -0.4 is 4.74 Å².